The average Bonchev–Trinajstić information content (AvgIpc) is 3.00. The Morgan fingerprint density at radius 1 is 0.773 bits per heavy atom. The minimum atomic E-state index is 0.424. The highest BCUT2D eigenvalue weighted by molar-refractivity contribution is 5.57. The van der Waals surface area contributed by atoms with Gasteiger partial charge < -0.3 is 9.13 Å². The number of hydrogen-bond donors (Lipinski definition) is 0. The largest absolute Gasteiger partial charge is 0.306 e. The highest BCUT2D eigenvalue weighted by Gasteiger charge is 2.58. The minimum Gasteiger partial charge on any atom is -0.306 e. The van der Waals surface area contributed by atoms with E-state index in [2.05, 4.69) is 55.5 Å². The van der Waals surface area contributed by atoms with E-state index in [1.54, 1.807) is 0 Å². The smallest absolute Gasteiger partial charge is 0.156 e. The Bertz CT molecular complexity index is 824. The second kappa shape index (κ2) is 3.39. The number of aromatic nitrogens is 6. The molecule has 0 radical (unpaired) electrons. The van der Waals surface area contributed by atoms with Crippen molar-refractivity contribution in [3.63, 3.8) is 0 Å². The molecule has 5 heterocycles. The molecule has 0 N–H and O–H groups in total. The van der Waals surface area contributed by atoms with E-state index >= 15 is 0 Å². The molecule has 4 atom stereocenters. The molecule has 1 fully saturated rings. The van der Waals surface area contributed by atoms with Crippen LogP contribution in [0.25, 0.3) is 12.2 Å². The zero-order chi connectivity index (χ0) is 14.6. The fourth-order valence-corrected chi connectivity index (χ4v) is 5.12. The maximum atomic E-state index is 4.45. The molecule has 110 valence electrons. The van der Waals surface area contributed by atoms with Crippen LogP contribution in [0.5, 0.6) is 0 Å². The average molecular weight is 292 g/mol. The number of allylic oxidation sites excluding steroid dienone is 2. The van der Waals surface area contributed by atoms with E-state index in [4.69, 9.17) is 0 Å². The fourth-order valence-electron chi connectivity index (χ4n) is 5.12. The molecule has 4 unspecified atom stereocenters. The summed E-state index contributed by atoms with van der Waals surface area (Å²) in [7, 11) is 0. The van der Waals surface area contributed by atoms with Gasteiger partial charge in [-0.1, -0.05) is 11.1 Å². The topological polar surface area (TPSA) is 61.4 Å². The van der Waals surface area contributed by atoms with Gasteiger partial charge in [-0.25, -0.2) is 0 Å². The van der Waals surface area contributed by atoms with Gasteiger partial charge in [-0.3, -0.25) is 0 Å². The Kier molecular flexibility index (Phi) is 1.75. The van der Waals surface area contributed by atoms with Crippen LogP contribution < -0.4 is 0 Å². The molecule has 2 aromatic heterocycles. The molecule has 0 spiro atoms. The number of fused-ring (bicyclic) bond motifs is 1. The van der Waals surface area contributed by atoms with E-state index in [1.165, 1.54) is 11.1 Å². The van der Waals surface area contributed by atoms with Crippen LogP contribution in [0.2, 0.25) is 0 Å². The van der Waals surface area contributed by atoms with Gasteiger partial charge in [0.05, 0.1) is 12.1 Å². The molecular weight excluding hydrogens is 276 g/mol. The van der Waals surface area contributed by atoms with Crippen LogP contribution in [-0.4, -0.2) is 29.5 Å². The van der Waals surface area contributed by atoms with Crippen molar-refractivity contribution in [3.05, 3.63) is 34.4 Å². The van der Waals surface area contributed by atoms with Crippen LogP contribution in [0.3, 0.4) is 0 Å². The molecule has 6 heteroatoms. The monoisotopic (exact) mass is 292 g/mol. The van der Waals surface area contributed by atoms with Crippen LogP contribution in [0.1, 0.15) is 49.2 Å². The molecule has 1 saturated carbocycles. The summed E-state index contributed by atoms with van der Waals surface area (Å²) in [5.74, 6) is 5.38. The summed E-state index contributed by atoms with van der Waals surface area (Å²) >= 11 is 0. The lowest BCUT2D eigenvalue weighted by molar-refractivity contribution is 0.0332. The van der Waals surface area contributed by atoms with Crippen LogP contribution in [0, 0.1) is 11.8 Å². The van der Waals surface area contributed by atoms with Gasteiger partial charge in [0.2, 0.25) is 0 Å². The summed E-state index contributed by atoms with van der Waals surface area (Å²) in [4.78, 5) is 0. The van der Waals surface area contributed by atoms with Gasteiger partial charge in [-0.15, -0.1) is 20.4 Å². The normalized spacial score (nSPS) is 33.2. The molecule has 6 nitrogen and oxygen atoms in total. The first-order chi connectivity index (χ1) is 10.7. The van der Waals surface area contributed by atoms with Gasteiger partial charge >= 0.3 is 0 Å². The second-order valence-corrected chi connectivity index (χ2v) is 7.00. The predicted molar refractivity (Wildman–Crippen MR) is 79.8 cm³/mol. The molecule has 1 aliphatic carbocycles. The Morgan fingerprint density at radius 2 is 1.23 bits per heavy atom. The standard InChI is InChI=1S/C16H16N6/c1-7-5-11-19-17-9-3-4-10-18-20-12-6-8(2)14-13(7)15(21(9)11)16(14)22(10)12/h5-6,13-16H,3-4H2,1-2H3. The first kappa shape index (κ1) is 11.3. The third-order valence-corrected chi connectivity index (χ3v) is 5.99. The van der Waals surface area contributed by atoms with Crippen molar-refractivity contribution >= 4 is 12.2 Å². The van der Waals surface area contributed by atoms with Crippen molar-refractivity contribution in [2.24, 2.45) is 11.8 Å². The van der Waals surface area contributed by atoms with E-state index in [1.807, 2.05) is 0 Å². The predicted octanol–water partition coefficient (Wildman–Crippen LogP) is 1.83. The summed E-state index contributed by atoms with van der Waals surface area (Å²) in [6, 6.07) is 0.847. The first-order valence-corrected chi connectivity index (χ1v) is 7.98. The number of rotatable bonds is 0. The Morgan fingerprint density at radius 3 is 1.68 bits per heavy atom. The summed E-state index contributed by atoms with van der Waals surface area (Å²) in [6.45, 7) is 4.49. The molecule has 0 bridgehead atoms. The van der Waals surface area contributed by atoms with Crippen molar-refractivity contribution in [1.82, 2.24) is 29.5 Å². The maximum absolute atomic E-state index is 4.45. The van der Waals surface area contributed by atoms with Gasteiger partial charge in [0, 0.05) is 24.7 Å². The molecule has 22 heavy (non-hydrogen) atoms. The first-order valence-electron chi connectivity index (χ1n) is 7.98. The number of hydrogen-bond acceptors (Lipinski definition) is 4. The van der Waals surface area contributed by atoms with Crippen molar-refractivity contribution in [2.45, 2.75) is 38.8 Å². The van der Waals surface area contributed by atoms with Gasteiger partial charge in [-0.05, 0) is 26.0 Å². The van der Waals surface area contributed by atoms with Gasteiger partial charge in [0.25, 0.3) is 0 Å². The van der Waals surface area contributed by atoms with E-state index in [0.717, 1.165) is 36.1 Å². The highest BCUT2D eigenvalue weighted by atomic mass is 15.4. The maximum Gasteiger partial charge on any atom is 0.156 e. The lowest BCUT2D eigenvalue weighted by atomic mass is 9.57. The van der Waals surface area contributed by atoms with E-state index in [0.29, 0.717) is 23.9 Å². The van der Waals surface area contributed by atoms with Gasteiger partial charge in [0.15, 0.2) is 11.6 Å². The molecule has 0 amide bonds. The van der Waals surface area contributed by atoms with Crippen molar-refractivity contribution in [1.29, 1.82) is 0 Å². The van der Waals surface area contributed by atoms with Crippen LogP contribution >= 0.6 is 0 Å². The third-order valence-electron chi connectivity index (χ3n) is 5.99. The van der Waals surface area contributed by atoms with E-state index in [9.17, 15) is 0 Å². The quantitative estimate of drug-likeness (QED) is 0.743. The Hall–Kier alpha value is -2.24. The van der Waals surface area contributed by atoms with Gasteiger partial charge in [0.1, 0.15) is 11.6 Å². The zero-order valence-electron chi connectivity index (χ0n) is 12.6. The molecule has 0 aromatic carbocycles. The van der Waals surface area contributed by atoms with Crippen molar-refractivity contribution in [3.8, 4) is 0 Å². The zero-order valence-corrected chi connectivity index (χ0v) is 12.6. The Labute approximate surface area is 127 Å². The number of aryl methyl sites for hydroxylation is 2. The van der Waals surface area contributed by atoms with E-state index < -0.39 is 0 Å². The SMILES string of the molecule is CC1=Cc2nnc3n2C2C1C1C(C)=Cc4nnc(n4C12)CC3. The lowest BCUT2D eigenvalue weighted by Gasteiger charge is -2.57. The highest BCUT2D eigenvalue weighted by Crippen LogP contribution is 2.62. The van der Waals surface area contributed by atoms with Gasteiger partial charge in [-0.2, -0.15) is 0 Å². The number of nitrogens with zero attached hydrogens (tertiary/aromatic N) is 6. The van der Waals surface area contributed by atoms with E-state index in [-0.39, 0.29) is 0 Å². The minimum absolute atomic E-state index is 0.424. The van der Waals surface area contributed by atoms with Crippen molar-refractivity contribution < 1.29 is 0 Å². The summed E-state index contributed by atoms with van der Waals surface area (Å²) < 4.78 is 4.79. The fraction of sp³-hybridized carbons (Fsp3) is 0.500. The lowest BCUT2D eigenvalue weighted by Crippen LogP contribution is -2.54. The Balaban J connectivity index is 1.69. The van der Waals surface area contributed by atoms with Crippen LogP contribution in [-0.2, 0) is 12.8 Å². The molecular formula is C16H16N6. The molecule has 0 saturated heterocycles. The summed E-state index contributed by atoms with van der Waals surface area (Å²) in [5.41, 5.74) is 2.87. The molecule has 4 aliphatic rings. The molecule has 2 aromatic rings. The van der Waals surface area contributed by atoms with Crippen LogP contribution in [0.4, 0.5) is 0 Å². The summed E-state index contributed by atoms with van der Waals surface area (Å²) in [6.07, 6.45) is 6.24. The third kappa shape index (κ3) is 1.06. The van der Waals surface area contributed by atoms with Crippen LogP contribution in [0.15, 0.2) is 11.1 Å². The molecule has 3 aliphatic heterocycles. The molecule has 6 rings (SSSR count). The summed E-state index contributed by atoms with van der Waals surface area (Å²) in [5, 5.41) is 17.7. The van der Waals surface area contributed by atoms with Crippen molar-refractivity contribution in [2.75, 3.05) is 0 Å². The second-order valence-electron chi connectivity index (χ2n) is 7.00.